The fourth-order valence-corrected chi connectivity index (χ4v) is 0.590. The van der Waals surface area contributed by atoms with E-state index >= 15 is 0 Å². The van der Waals surface area contributed by atoms with Crippen LogP contribution in [0.15, 0.2) is 0 Å². The number of aromatic amines is 1. The van der Waals surface area contributed by atoms with Crippen molar-refractivity contribution >= 4 is 21.7 Å². The molecule has 6 heteroatoms. The van der Waals surface area contributed by atoms with E-state index in [1.54, 1.807) is 0 Å². The molecule has 0 radical (unpaired) electrons. The van der Waals surface area contributed by atoms with Crippen LogP contribution in [0.1, 0.15) is 10.6 Å². The molecule has 0 bridgehead atoms. The Morgan fingerprint density at radius 1 is 1.78 bits per heavy atom. The second kappa shape index (κ2) is 2.67. The average Bonchev–Trinajstić information content (AvgIpc) is 2.37. The van der Waals surface area contributed by atoms with Crippen LogP contribution in [0.25, 0.3) is 0 Å². The third-order valence-corrected chi connectivity index (χ3v) is 1.23. The maximum atomic E-state index is 10.6. The molecular formula is C3H3BrN4O. The van der Waals surface area contributed by atoms with Crippen LogP contribution >= 0.6 is 15.9 Å². The Hall–Kier alpha value is -0.780. The van der Waals surface area contributed by atoms with Gasteiger partial charge in [-0.05, 0) is 5.21 Å². The highest BCUT2D eigenvalue weighted by Gasteiger charge is 2.06. The van der Waals surface area contributed by atoms with Crippen molar-refractivity contribution in [2.45, 2.75) is 0 Å². The maximum absolute atomic E-state index is 10.6. The number of alkyl halides is 1. The first-order chi connectivity index (χ1) is 4.34. The number of carbonyl (C=O) groups excluding carboxylic acids is 1. The highest BCUT2D eigenvalue weighted by molar-refractivity contribution is 9.09. The summed E-state index contributed by atoms with van der Waals surface area (Å²) in [4.78, 5) is 10.6. The lowest BCUT2D eigenvalue weighted by Gasteiger charge is -1.80. The van der Waals surface area contributed by atoms with E-state index in [2.05, 4.69) is 36.6 Å². The Morgan fingerprint density at radius 2 is 2.56 bits per heavy atom. The van der Waals surface area contributed by atoms with E-state index < -0.39 is 0 Å². The molecule has 0 aliphatic heterocycles. The number of hydrogen-bond acceptors (Lipinski definition) is 4. The molecule has 0 saturated carbocycles. The highest BCUT2D eigenvalue weighted by Crippen LogP contribution is 1.90. The van der Waals surface area contributed by atoms with Crippen LogP contribution in [0.4, 0.5) is 0 Å². The van der Waals surface area contributed by atoms with Crippen molar-refractivity contribution in [1.29, 1.82) is 0 Å². The molecule has 0 aliphatic rings. The molecule has 0 fully saturated rings. The number of rotatable bonds is 2. The molecular weight excluding hydrogens is 188 g/mol. The van der Waals surface area contributed by atoms with Gasteiger partial charge in [0.1, 0.15) is 0 Å². The summed E-state index contributed by atoms with van der Waals surface area (Å²) >= 11 is 2.96. The monoisotopic (exact) mass is 190 g/mol. The second-order valence-electron chi connectivity index (χ2n) is 1.29. The van der Waals surface area contributed by atoms with Crippen LogP contribution in [-0.4, -0.2) is 31.7 Å². The zero-order valence-electron chi connectivity index (χ0n) is 4.33. The van der Waals surface area contributed by atoms with E-state index in [0.717, 1.165) is 0 Å². The first kappa shape index (κ1) is 6.34. The lowest BCUT2D eigenvalue weighted by atomic mass is 10.4. The van der Waals surface area contributed by atoms with Gasteiger partial charge in [-0.2, -0.15) is 5.21 Å². The molecule has 1 heterocycles. The van der Waals surface area contributed by atoms with Gasteiger partial charge in [0, 0.05) is 0 Å². The minimum Gasteiger partial charge on any atom is -0.290 e. The third kappa shape index (κ3) is 1.32. The molecule has 0 aromatic carbocycles. The lowest BCUT2D eigenvalue weighted by molar-refractivity contribution is 0.101. The summed E-state index contributed by atoms with van der Waals surface area (Å²) in [6.07, 6.45) is 0. The van der Waals surface area contributed by atoms with Gasteiger partial charge in [0.2, 0.25) is 11.6 Å². The van der Waals surface area contributed by atoms with Gasteiger partial charge in [0.25, 0.3) is 0 Å². The number of nitrogens with zero attached hydrogens (tertiary/aromatic N) is 3. The van der Waals surface area contributed by atoms with Gasteiger partial charge in [-0.1, -0.05) is 15.9 Å². The standard InChI is InChI=1S/C3H3BrN4O/c4-1-2(9)3-5-7-8-6-3/h1H2,(H,5,6,7,8). The van der Waals surface area contributed by atoms with E-state index in [4.69, 9.17) is 0 Å². The molecule has 0 saturated heterocycles. The molecule has 1 rings (SSSR count). The Morgan fingerprint density at radius 3 is 3.00 bits per heavy atom. The minimum absolute atomic E-state index is 0.117. The first-order valence-electron chi connectivity index (χ1n) is 2.17. The largest absolute Gasteiger partial charge is 0.290 e. The topological polar surface area (TPSA) is 71.5 Å². The Labute approximate surface area is 59.0 Å². The van der Waals surface area contributed by atoms with Crippen molar-refractivity contribution < 1.29 is 4.79 Å². The summed E-state index contributed by atoms with van der Waals surface area (Å²) in [5.74, 6) is -0.0596. The summed E-state index contributed by atoms with van der Waals surface area (Å²) in [5, 5.41) is 12.5. The molecule has 0 spiro atoms. The third-order valence-electron chi connectivity index (χ3n) is 0.716. The zero-order valence-corrected chi connectivity index (χ0v) is 5.92. The van der Waals surface area contributed by atoms with Crippen molar-refractivity contribution in [2.75, 3.05) is 5.33 Å². The normalized spacial score (nSPS) is 9.44. The Kier molecular flexibility index (Phi) is 1.88. The molecule has 1 N–H and O–H groups in total. The number of Topliss-reactive ketones (excluding diaryl/α,β-unsaturated/α-hetero) is 1. The van der Waals surface area contributed by atoms with Gasteiger partial charge in [0.05, 0.1) is 5.33 Å². The second-order valence-corrected chi connectivity index (χ2v) is 1.85. The van der Waals surface area contributed by atoms with Crippen LogP contribution in [0, 0.1) is 0 Å². The smallest absolute Gasteiger partial charge is 0.241 e. The number of ketones is 1. The van der Waals surface area contributed by atoms with E-state index in [1.807, 2.05) is 0 Å². The summed E-state index contributed by atoms with van der Waals surface area (Å²) in [6, 6.07) is 0. The fraction of sp³-hybridized carbons (Fsp3) is 0.333. The number of hydrogen-bond donors (Lipinski definition) is 1. The van der Waals surface area contributed by atoms with Crippen molar-refractivity contribution in [3.63, 3.8) is 0 Å². The van der Waals surface area contributed by atoms with E-state index in [-0.39, 0.29) is 16.9 Å². The summed E-state index contributed by atoms with van der Waals surface area (Å²) in [5.41, 5.74) is 0. The number of carbonyl (C=O) groups is 1. The number of aromatic nitrogens is 4. The molecule has 0 atom stereocenters. The fourth-order valence-electron chi connectivity index (χ4n) is 0.340. The van der Waals surface area contributed by atoms with E-state index in [9.17, 15) is 4.79 Å². The first-order valence-corrected chi connectivity index (χ1v) is 3.29. The molecule has 9 heavy (non-hydrogen) atoms. The zero-order chi connectivity index (χ0) is 6.69. The number of halogens is 1. The summed E-state index contributed by atoms with van der Waals surface area (Å²) in [7, 11) is 0. The van der Waals surface area contributed by atoms with Gasteiger partial charge in [-0.3, -0.25) is 4.79 Å². The number of H-pyrrole nitrogens is 1. The summed E-state index contributed by atoms with van der Waals surface area (Å²) < 4.78 is 0. The molecule has 5 nitrogen and oxygen atoms in total. The van der Waals surface area contributed by atoms with Gasteiger partial charge >= 0.3 is 0 Å². The van der Waals surface area contributed by atoms with Gasteiger partial charge in [-0.15, -0.1) is 10.2 Å². The van der Waals surface area contributed by atoms with Crippen LogP contribution < -0.4 is 0 Å². The molecule has 1 aromatic rings. The predicted octanol–water partition coefficient (Wildman–Crippen LogP) is -0.223. The SMILES string of the molecule is O=C(CBr)c1nn[nH]n1. The van der Waals surface area contributed by atoms with E-state index in [0.29, 0.717) is 0 Å². The Bertz CT molecular complexity index is 196. The summed E-state index contributed by atoms with van der Waals surface area (Å²) in [6.45, 7) is 0. The molecule has 1 aromatic heterocycles. The van der Waals surface area contributed by atoms with Crippen LogP contribution in [0.5, 0.6) is 0 Å². The van der Waals surface area contributed by atoms with Crippen molar-refractivity contribution in [1.82, 2.24) is 20.6 Å². The number of nitrogens with one attached hydrogen (secondary N) is 1. The average molecular weight is 191 g/mol. The molecule has 0 amide bonds. The van der Waals surface area contributed by atoms with E-state index in [1.165, 1.54) is 0 Å². The quantitative estimate of drug-likeness (QED) is 0.517. The predicted molar refractivity (Wildman–Crippen MR) is 32.3 cm³/mol. The van der Waals surface area contributed by atoms with Crippen molar-refractivity contribution in [3.05, 3.63) is 5.82 Å². The van der Waals surface area contributed by atoms with Crippen LogP contribution in [-0.2, 0) is 0 Å². The highest BCUT2D eigenvalue weighted by atomic mass is 79.9. The van der Waals surface area contributed by atoms with Crippen LogP contribution in [0.3, 0.4) is 0 Å². The molecule has 0 unspecified atom stereocenters. The molecule has 48 valence electrons. The maximum Gasteiger partial charge on any atom is 0.241 e. The Balaban J connectivity index is 2.77. The van der Waals surface area contributed by atoms with Gasteiger partial charge in [0.15, 0.2) is 0 Å². The van der Waals surface area contributed by atoms with Crippen LogP contribution in [0.2, 0.25) is 0 Å². The number of tetrazole rings is 1. The van der Waals surface area contributed by atoms with Gasteiger partial charge < -0.3 is 0 Å². The lowest BCUT2D eigenvalue weighted by Crippen LogP contribution is -2.02. The van der Waals surface area contributed by atoms with Gasteiger partial charge in [-0.25, -0.2) is 0 Å². The van der Waals surface area contributed by atoms with Crippen molar-refractivity contribution in [3.8, 4) is 0 Å². The minimum atomic E-state index is -0.177. The van der Waals surface area contributed by atoms with Crippen molar-refractivity contribution in [2.24, 2.45) is 0 Å². The molecule has 0 aliphatic carbocycles.